The summed E-state index contributed by atoms with van der Waals surface area (Å²) in [5, 5.41) is 19.9. The fraction of sp³-hybridized carbons (Fsp3) is 0.167. The predicted molar refractivity (Wildman–Crippen MR) is 65.0 cm³/mol. The van der Waals surface area contributed by atoms with Gasteiger partial charge in [0.05, 0.1) is 4.92 Å². The third-order valence-corrected chi connectivity index (χ3v) is 2.66. The van der Waals surface area contributed by atoms with Crippen LogP contribution in [0.5, 0.6) is 0 Å². The number of oxazole rings is 1. The molecule has 1 heterocycles. The molecule has 0 amide bonds. The Morgan fingerprint density at radius 1 is 1.42 bits per heavy atom. The maximum Gasteiger partial charge on any atom is 0.358 e. The maximum atomic E-state index is 11.0. The number of benzene rings is 1. The van der Waals surface area contributed by atoms with E-state index in [1.54, 1.807) is 19.1 Å². The van der Waals surface area contributed by atoms with Gasteiger partial charge in [-0.1, -0.05) is 12.1 Å². The normalized spacial score (nSPS) is 10.4. The number of aromatic nitrogens is 1. The van der Waals surface area contributed by atoms with Crippen LogP contribution < -0.4 is 0 Å². The van der Waals surface area contributed by atoms with E-state index in [4.69, 9.17) is 9.52 Å². The van der Waals surface area contributed by atoms with Crippen molar-refractivity contribution in [3.8, 4) is 11.5 Å². The molecule has 0 radical (unpaired) electrons. The van der Waals surface area contributed by atoms with Crippen molar-refractivity contribution in [2.45, 2.75) is 13.8 Å². The van der Waals surface area contributed by atoms with Crippen LogP contribution in [0.2, 0.25) is 0 Å². The molecule has 0 atom stereocenters. The summed E-state index contributed by atoms with van der Waals surface area (Å²) >= 11 is 0. The molecule has 1 aromatic carbocycles. The summed E-state index contributed by atoms with van der Waals surface area (Å²) in [6, 6.07) is 4.54. The summed E-state index contributed by atoms with van der Waals surface area (Å²) in [4.78, 5) is 25.2. The van der Waals surface area contributed by atoms with E-state index in [-0.39, 0.29) is 28.6 Å². The van der Waals surface area contributed by atoms with E-state index >= 15 is 0 Å². The number of aryl methyl sites for hydroxylation is 2. The minimum Gasteiger partial charge on any atom is -0.476 e. The Kier molecular flexibility index (Phi) is 3.04. The lowest BCUT2D eigenvalue weighted by Crippen LogP contribution is -1.99. The number of carboxylic acid groups (broad SMARTS) is 1. The van der Waals surface area contributed by atoms with E-state index in [9.17, 15) is 14.9 Å². The van der Waals surface area contributed by atoms with E-state index in [1.807, 2.05) is 0 Å². The zero-order valence-electron chi connectivity index (χ0n) is 10.2. The van der Waals surface area contributed by atoms with Crippen molar-refractivity contribution >= 4 is 11.7 Å². The molecule has 0 spiro atoms. The fourth-order valence-corrected chi connectivity index (χ4v) is 1.78. The first-order chi connectivity index (χ1) is 8.91. The van der Waals surface area contributed by atoms with Gasteiger partial charge < -0.3 is 9.52 Å². The number of nitro benzene ring substituents is 1. The summed E-state index contributed by atoms with van der Waals surface area (Å²) in [6.45, 7) is 3.12. The van der Waals surface area contributed by atoms with Crippen molar-refractivity contribution in [2.24, 2.45) is 0 Å². The molecule has 0 aliphatic rings. The van der Waals surface area contributed by atoms with Crippen molar-refractivity contribution in [1.82, 2.24) is 4.98 Å². The third-order valence-electron chi connectivity index (χ3n) is 2.66. The van der Waals surface area contributed by atoms with E-state index < -0.39 is 10.9 Å². The third kappa shape index (κ3) is 2.17. The molecule has 1 N–H and O–H groups in total. The standard InChI is InChI=1S/C12H10N2O5/c1-6-4-3-5-8(14(17)18)9(6)11-13-10(12(15)16)7(2)19-11/h3-5H,1-2H3,(H,15,16). The van der Waals surface area contributed by atoms with Crippen LogP contribution in [0, 0.1) is 24.0 Å². The van der Waals surface area contributed by atoms with Gasteiger partial charge in [0.1, 0.15) is 11.3 Å². The number of rotatable bonds is 3. The first kappa shape index (κ1) is 12.7. The Hall–Kier alpha value is -2.70. The predicted octanol–water partition coefficient (Wildman–Crippen LogP) is 2.56. The van der Waals surface area contributed by atoms with Gasteiger partial charge in [0, 0.05) is 6.07 Å². The van der Waals surface area contributed by atoms with Crippen LogP contribution in [0.15, 0.2) is 22.6 Å². The van der Waals surface area contributed by atoms with Crippen molar-refractivity contribution in [1.29, 1.82) is 0 Å². The van der Waals surface area contributed by atoms with Gasteiger partial charge in [0.25, 0.3) is 5.69 Å². The largest absolute Gasteiger partial charge is 0.476 e. The van der Waals surface area contributed by atoms with Gasteiger partial charge in [-0.2, -0.15) is 0 Å². The molecule has 0 saturated heterocycles. The van der Waals surface area contributed by atoms with Crippen LogP contribution in [0.4, 0.5) is 5.69 Å². The molecule has 0 aliphatic carbocycles. The van der Waals surface area contributed by atoms with E-state index in [2.05, 4.69) is 4.98 Å². The lowest BCUT2D eigenvalue weighted by Gasteiger charge is -2.02. The maximum absolute atomic E-state index is 11.0. The summed E-state index contributed by atoms with van der Waals surface area (Å²) in [5.74, 6) is -1.18. The van der Waals surface area contributed by atoms with Gasteiger partial charge in [0.2, 0.25) is 5.89 Å². The van der Waals surface area contributed by atoms with Crippen LogP contribution in [0.1, 0.15) is 21.8 Å². The average molecular weight is 262 g/mol. The zero-order valence-corrected chi connectivity index (χ0v) is 10.2. The molecule has 7 nitrogen and oxygen atoms in total. The van der Waals surface area contributed by atoms with Crippen LogP contribution >= 0.6 is 0 Å². The van der Waals surface area contributed by atoms with Crippen LogP contribution in [0.3, 0.4) is 0 Å². The number of aromatic carboxylic acids is 1. The Bertz CT molecular complexity index is 675. The zero-order chi connectivity index (χ0) is 14.2. The Balaban J connectivity index is 2.68. The van der Waals surface area contributed by atoms with Crippen LogP contribution in [0.25, 0.3) is 11.5 Å². The Morgan fingerprint density at radius 3 is 2.63 bits per heavy atom. The molecule has 98 valence electrons. The highest BCUT2D eigenvalue weighted by Crippen LogP contribution is 2.33. The van der Waals surface area contributed by atoms with Gasteiger partial charge in [0.15, 0.2) is 5.69 Å². The molecule has 19 heavy (non-hydrogen) atoms. The average Bonchev–Trinajstić information content (AvgIpc) is 2.70. The van der Waals surface area contributed by atoms with Gasteiger partial charge in [-0.3, -0.25) is 10.1 Å². The van der Waals surface area contributed by atoms with Crippen molar-refractivity contribution in [2.75, 3.05) is 0 Å². The number of carboxylic acids is 1. The van der Waals surface area contributed by atoms with Gasteiger partial charge in [-0.15, -0.1) is 0 Å². The van der Waals surface area contributed by atoms with E-state index in [0.29, 0.717) is 5.56 Å². The van der Waals surface area contributed by atoms with Crippen molar-refractivity contribution in [3.05, 3.63) is 45.3 Å². The Morgan fingerprint density at radius 2 is 2.11 bits per heavy atom. The van der Waals surface area contributed by atoms with Crippen LogP contribution in [-0.2, 0) is 0 Å². The molecule has 7 heteroatoms. The second-order valence-electron chi connectivity index (χ2n) is 3.96. The molecule has 0 saturated carbocycles. The lowest BCUT2D eigenvalue weighted by molar-refractivity contribution is -0.384. The molecule has 0 fully saturated rings. The number of carbonyl (C=O) groups is 1. The van der Waals surface area contributed by atoms with Crippen molar-refractivity contribution in [3.63, 3.8) is 0 Å². The topological polar surface area (TPSA) is 106 Å². The molecule has 2 rings (SSSR count). The second kappa shape index (κ2) is 4.52. The van der Waals surface area contributed by atoms with Gasteiger partial charge in [-0.05, 0) is 19.4 Å². The monoisotopic (exact) mass is 262 g/mol. The number of nitro groups is 1. The summed E-state index contributed by atoms with van der Waals surface area (Å²) in [6.07, 6.45) is 0. The molecule has 0 unspecified atom stereocenters. The molecular weight excluding hydrogens is 252 g/mol. The minimum atomic E-state index is -1.23. The van der Waals surface area contributed by atoms with Gasteiger partial charge >= 0.3 is 5.97 Å². The fourth-order valence-electron chi connectivity index (χ4n) is 1.78. The SMILES string of the molecule is Cc1cccc([N+](=O)[O-])c1-c1nc(C(=O)O)c(C)o1. The molecule has 0 aliphatic heterocycles. The highest BCUT2D eigenvalue weighted by molar-refractivity contribution is 5.87. The summed E-state index contributed by atoms with van der Waals surface area (Å²) in [5.41, 5.74) is 0.376. The van der Waals surface area contributed by atoms with E-state index in [1.165, 1.54) is 13.0 Å². The minimum absolute atomic E-state index is 0.0558. The van der Waals surface area contributed by atoms with Gasteiger partial charge in [-0.25, -0.2) is 9.78 Å². The summed E-state index contributed by atoms with van der Waals surface area (Å²) < 4.78 is 5.24. The number of hydrogen-bond acceptors (Lipinski definition) is 5. The van der Waals surface area contributed by atoms with Crippen LogP contribution in [-0.4, -0.2) is 21.0 Å². The quantitative estimate of drug-likeness (QED) is 0.672. The van der Waals surface area contributed by atoms with Crippen molar-refractivity contribution < 1.29 is 19.2 Å². The Labute approximate surface area is 107 Å². The molecular formula is C12H10N2O5. The molecule has 1 aromatic heterocycles. The smallest absolute Gasteiger partial charge is 0.358 e. The first-order valence-corrected chi connectivity index (χ1v) is 5.37. The highest BCUT2D eigenvalue weighted by atomic mass is 16.6. The molecule has 0 bridgehead atoms. The molecule has 2 aromatic rings. The first-order valence-electron chi connectivity index (χ1n) is 5.37. The number of nitrogens with zero attached hydrogens (tertiary/aromatic N) is 2. The lowest BCUT2D eigenvalue weighted by atomic mass is 10.1. The van der Waals surface area contributed by atoms with E-state index in [0.717, 1.165) is 0 Å². The second-order valence-corrected chi connectivity index (χ2v) is 3.96. The number of hydrogen-bond donors (Lipinski definition) is 1. The summed E-state index contributed by atoms with van der Waals surface area (Å²) in [7, 11) is 0. The highest BCUT2D eigenvalue weighted by Gasteiger charge is 2.24.